The van der Waals surface area contributed by atoms with E-state index in [9.17, 15) is 9.59 Å². The molecule has 0 unspecified atom stereocenters. The molecule has 0 atom stereocenters. The van der Waals surface area contributed by atoms with Crippen LogP contribution in [-0.4, -0.2) is 74.4 Å². The Kier molecular flexibility index (Phi) is 8.34. The van der Waals surface area contributed by atoms with Crippen LogP contribution in [0.15, 0.2) is 17.9 Å². The average Bonchev–Trinajstić information content (AvgIpc) is 3.05. The Labute approximate surface area is 213 Å². The van der Waals surface area contributed by atoms with Gasteiger partial charge in [0.25, 0.3) is 5.91 Å². The number of carbonyl (C=O) groups excluding carboxylic acids is 2. The van der Waals surface area contributed by atoms with E-state index in [2.05, 4.69) is 0 Å². The van der Waals surface area contributed by atoms with Gasteiger partial charge in [-0.15, -0.1) is 0 Å². The Morgan fingerprint density at radius 1 is 1.11 bits per heavy atom. The Morgan fingerprint density at radius 3 is 2.33 bits per heavy atom. The van der Waals surface area contributed by atoms with Crippen molar-refractivity contribution in [1.29, 1.82) is 0 Å². The number of aryl methyl sites for hydroxylation is 3. The highest BCUT2D eigenvalue weighted by atomic mass is 16.7. The van der Waals surface area contributed by atoms with E-state index < -0.39 is 11.7 Å². The minimum Gasteiger partial charge on any atom is -0.434 e. The van der Waals surface area contributed by atoms with Crippen molar-refractivity contribution < 1.29 is 33.5 Å². The summed E-state index contributed by atoms with van der Waals surface area (Å²) in [4.78, 5) is 38.6. The topological polar surface area (TPSA) is 86.8 Å². The van der Waals surface area contributed by atoms with E-state index >= 15 is 0 Å². The van der Waals surface area contributed by atoms with Crippen molar-refractivity contribution in [3.63, 3.8) is 0 Å². The molecule has 1 spiro atoms. The zero-order valence-corrected chi connectivity index (χ0v) is 22.1. The molecule has 4 rings (SSSR count). The summed E-state index contributed by atoms with van der Waals surface area (Å²) >= 11 is 0. The lowest BCUT2D eigenvalue weighted by atomic mass is 9.84. The van der Waals surface area contributed by atoms with Crippen LogP contribution < -0.4 is 0 Å². The lowest BCUT2D eigenvalue weighted by Crippen LogP contribution is -2.55. The first-order valence-corrected chi connectivity index (χ1v) is 12.8. The third-order valence-electron chi connectivity index (χ3n) is 7.40. The predicted octanol–water partition coefficient (Wildman–Crippen LogP) is 4.09. The number of piperidine rings is 1. The second-order valence-corrected chi connectivity index (χ2v) is 9.86. The summed E-state index contributed by atoms with van der Waals surface area (Å²) in [5.74, 6) is 0.315. The molecule has 0 aliphatic carbocycles. The van der Waals surface area contributed by atoms with Crippen molar-refractivity contribution in [1.82, 2.24) is 10.1 Å². The third kappa shape index (κ3) is 5.16. The lowest BCUT2D eigenvalue weighted by molar-refractivity contribution is -0.238. The minimum atomic E-state index is -0.941. The van der Waals surface area contributed by atoms with E-state index in [4.69, 9.17) is 23.9 Å². The van der Waals surface area contributed by atoms with Gasteiger partial charge >= 0.3 is 6.16 Å². The quantitative estimate of drug-likeness (QED) is 0.516. The number of hydrogen-bond acceptors (Lipinski definition) is 8. The lowest BCUT2D eigenvalue weighted by Gasteiger charge is -2.43. The van der Waals surface area contributed by atoms with E-state index in [1.807, 2.05) is 38.0 Å². The summed E-state index contributed by atoms with van der Waals surface area (Å²) in [5, 5.41) is 3.33. The molecular formula is C27H38N2O7. The number of hydroxylamine groups is 4. The smallest absolute Gasteiger partial charge is 0.434 e. The molecule has 9 heteroatoms. The molecule has 0 radical (unpaired) electrons. The Balaban J connectivity index is 1.80. The molecule has 1 amide bonds. The first kappa shape index (κ1) is 26.6. The normalized spacial score (nSPS) is 20.9. The minimum absolute atomic E-state index is 0.173. The molecule has 0 bridgehead atoms. The first-order valence-electron chi connectivity index (χ1n) is 12.8. The number of ether oxygens (including phenoxy) is 3. The Hall–Kier alpha value is -2.46. The molecular weight excluding hydrogens is 464 g/mol. The monoisotopic (exact) mass is 502 g/mol. The number of amides is 1. The highest BCUT2D eigenvalue weighted by Crippen LogP contribution is 2.48. The molecule has 2 fully saturated rings. The van der Waals surface area contributed by atoms with Crippen LogP contribution in [0, 0.1) is 26.7 Å². The molecule has 0 saturated carbocycles. The second kappa shape index (κ2) is 11.3. The van der Waals surface area contributed by atoms with E-state index in [0.717, 1.165) is 35.1 Å². The van der Waals surface area contributed by atoms with E-state index in [1.54, 1.807) is 14.0 Å². The fourth-order valence-electron chi connectivity index (χ4n) is 5.63. The number of benzene rings is 1. The maximum Gasteiger partial charge on any atom is 0.513 e. The SMILES string of the molecule is CCOC(=O)OC1=C(c2c(C)cc(C)cc2C)C(=O)N(OCC2CCOCC2)C12CCN(OC)CC2. The largest absolute Gasteiger partial charge is 0.513 e. The van der Waals surface area contributed by atoms with Crippen LogP contribution in [0.1, 0.15) is 54.9 Å². The van der Waals surface area contributed by atoms with E-state index in [1.165, 1.54) is 5.06 Å². The summed E-state index contributed by atoms with van der Waals surface area (Å²) in [6.07, 6.45) is 1.93. The summed E-state index contributed by atoms with van der Waals surface area (Å²) in [5.41, 5.74) is 3.19. The number of rotatable bonds is 7. The first-order chi connectivity index (χ1) is 17.3. The molecule has 3 aliphatic heterocycles. The predicted molar refractivity (Wildman–Crippen MR) is 133 cm³/mol. The maximum absolute atomic E-state index is 14.2. The average molecular weight is 503 g/mol. The van der Waals surface area contributed by atoms with Crippen LogP contribution >= 0.6 is 0 Å². The summed E-state index contributed by atoms with van der Waals surface area (Å²) < 4.78 is 16.6. The fraction of sp³-hybridized carbons (Fsp3) is 0.630. The van der Waals surface area contributed by atoms with Gasteiger partial charge in [0.05, 0.1) is 25.9 Å². The van der Waals surface area contributed by atoms with Crippen molar-refractivity contribution in [3.8, 4) is 0 Å². The van der Waals surface area contributed by atoms with E-state index in [0.29, 0.717) is 63.0 Å². The molecule has 0 N–H and O–H groups in total. The van der Waals surface area contributed by atoms with Crippen LogP contribution in [-0.2, 0) is 28.7 Å². The van der Waals surface area contributed by atoms with Gasteiger partial charge in [-0.05, 0) is 76.0 Å². The van der Waals surface area contributed by atoms with Crippen molar-refractivity contribution >= 4 is 17.6 Å². The fourth-order valence-corrected chi connectivity index (χ4v) is 5.63. The summed E-state index contributed by atoms with van der Waals surface area (Å²) in [6.45, 7) is 10.8. The standard InChI is InChI=1S/C27H38N2O7/c1-6-34-26(31)36-24-23(22-19(3)15-18(2)16-20(22)4)25(30)29(35-17-21-7-13-33-14-8-21)27(24)9-11-28(32-5)12-10-27/h15-16,21H,6-14,17H2,1-5H3. The molecule has 1 aromatic carbocycles. The van der Waals surface area contributed by atoms with Gasteiger partial charge in [0.1, 0.15) is 5.54 Å². The summed E-state index contributed by atoms with van der Waals surface area (Å²) in [7, 11) is 1.63. The van der Waals surface area contributed by atoms with Gasteiger partial charge in [-0.25, -0.2) is 9.86 Å². The molecule has 2 saturated heterocycles. The molecule has 36 heavy (non-hydrogen) atoms. The van der Waals surface area contributed by atoms with Crippen LogP contribution in [0.2, 0.25) is 0 Å². The molecule has 0 aromatic heterocycles. The van der Waals surface area contributed by atoms with Gasteiger partial charge in [-0.3, -0.25) is 9.63 Å². The van der Waals surface area contributed by atoms with Crippen LogP contribution in [0.4, 0.5) is 4.79 Å². The number of hydrogen-bond donors (Lipinski definition) is 0. The van der Waals surface area contributed by atoms with Gasteiger partial charge in [-0.1, -0.05) is 17.7 Å². The van der Waals surface area contributed by atoms with Gasteiger partial charge in [0.15, 0.2) is 5.76 Å². The van der Waals surface area contributed by atoms with Crippen LogP contribution in [0.5, 0.6) is 0 Å². The van der Waals surface area contributed by atoms with Crippen molar-refractivity contribution in [2.24, 2.45) is 5.92 Å². The second-order valence-electron chi connectivity index (χ2n) is 9.86. The Morgan fingerprint density at radius 2 is 1.75 bits per heavy atom. The van der Waals surface area contributed by atoms with Gasteiger partial charge in [0, 0.05) is 26.3 Å². The zero-order chi connectivity index (χ0) is 25.9. The molecule has 9 nitrogen and oxygen atoms in total. The molecule has 3 heterocycles. The maximum atomic E-state index is 14.2. The Bertz CT molecular complexity index is 984. The highest BCUT2D eigenvalue weighted by Gasteiger charge is 2.57. The molecule has 1 aromatic rings. The van der Waals surface area contributed by atoms with Gasteiger partial charge in [-0.2, -0.15) is 5.06 Å². The number of carbonyl (C=O) groups is 2. The molecule has 198 valence electrons. The van der Waals surface area contributed by atoms with E-state index in [-0.39, 0.29) is 12.5 Å². The van der Waals surface area contributed by atoms with Crippen molar-refractivity contribution in [2.75, 3.05) is 46.6 Å². The highest BCUT2D eigenvalue weighted by molar-refractivity contribution is 6.23. The van der Waals surface area contributed by atoms with Crippen molar-refractivity contribution in [3.05, 3.63) is 40.1 Å². The van der Waals surface area contributed by atoms with Gasteiger partial charge in [0.2, 0.25) is 0 Å². The van der Waals surface area contributed by atoms with Gasteiger partial charge < -0.3 is 19.0 Å². The van der Waals surface area contributed by atoms with Crippen molar-refractivity contribution in [2.45, 2.75) is 58.9 Å². The summed E-state index contributed by atoms with van der Waals surface area (Å²) in [6, 6.07) is 4.08. The molecule has 3 aliphatic rings. The number of nitrogens with zero attached hydrogens (tertiary/aromatic N) is 2. The van der Waals surface area contributed by atoms with Crippen LogP contribution in [0.3, 0.4) is 0 Å². The van der Waals surface area contributed by atoms with Crippen LogP contribution in [0.25, 0.3) is 5.57 Å². The zero-order valence-electron chi connectivity index (χ0n) is 22.1. The third-order valence-corrected chi connectivity index (χ3v) is 7.40.